The van der Waals surface area contributed by atoms with E-state index in [1.54, 1.807) is 23.3 Å². The molecule has 1 aromatic heterocycles. The molecule has 8 rings (SSSR count). The van der Waals surface area contributed by atoms with Crippen molar-refractivity contribution in [2.75, 3.05) is 11.4 Å². The Morgan fingerprint density at radius 3 is 2.50 bits per heavy atom. The lowest BCUT2D eigenvalue weighted by Gasteiger charge is -2.30. The fourth-order valence-electron chi connectivity index (χ4n) is 6.66. The van der Waals surface area contributed by atoms with Crippen molar-refractivity contribution in [1.82, 2.24) is 0 Å². The highest BCUT2D eigenvalue weighted by atomic mass is 32.2. The van der Waals surface area contributed by atoms with Crippen molar-refractivity contribution >= 4 is 66.0 Å². The number of aryl methyl sites for hydroxylation is 2. The van der Waals surface area contributed by atoms with Crippen LogP contribution in [0.25, 0.3) is 27.1 Å². The zero-order valence-electron chi connectivity index (χ0n) is 26.0. The molecule has 0 bridgehead atoms. The minimum absolute atomic E-state index is 0.178. The number of hydrogen-bond donors (Lipinski definition) is 0. The van der Waals surface area contributed by atoms with Gasteiger partial charge < -0.3 is 9.45 Å². The van der Waals surface area contributed by atoms with Crippen LogP contribution in [0.4, 0.5) is 5.69 Å². The van der Waals surface area contributed by atoms with Crippen molar-refractivity contribution in [3.63, 3.8) is 0 Å². The molecule has 0 N–H and O–H groups in total. The van der Waals surface area contributed by atoms with Gasteiger partial charge in [-0.05, 0) is 104 Å². The smallest absolute Gasteiger partial charge is 0.263 e. The molecule has 3 heterocycles. The third-order valence-electron chi connectivity index (χ3n) is 8.88. The van der Waals surface area contributed by atoms with E-state index < -0.39 is 10.1 Å². The molecular weight excluding hydrogens is 629 g/mol. The van der Waals surface area contributed by atoms with Gasteiger partial charge in [0.25, 0.3) is 5.01 Å². The first-order valence-electron chi connectivity index (χ1n) is 15.9. The summed E-state index contributed by atoms with van der Waals surface area (Å²) in [5, 5.41) is 5.54. The molecule has 5 nitrogen and oxygen atoms in total. The van der Waals surface area contributed by atoms with Gasteiger partial charge in [-0.25, -0.2) is 8.42 Å². The van der Waals surface area contributed by atoms with Crippen LogP contribution in [0.1, 0.15) is 49.6 Å². The van der Waals surface area contributed by atoms with E-state index in [0.29, 0.717) is 0 Å². The van der Waals surface area contributed by atoms with Crippen LogP contribution < -0.4 is 9.47 Å². The van der Waals surface area contributed by atoms with Crippen molar-refractivity contribution in [3.05, 3.63) is 123 Å². The molecule has 46 heavy (non-hydrogen) atoms. The molecule has 0 spiro atoms. The third kappa shape index (κ3) is 6.07. The number of fused-ring (bicyclic) bond motifs is 6. The molecule has 3 aliphatic rings. The van der Waals surface area contributed by atoms with Crippen molar-refractivity contribution in [3.8, 4) is 0 Å². The van der Waals surface area contributed by atoms with E-state index in [-0.39, 0.29) is 4.90 Å². The summed E-state index contributed by atoms with van der Waals surface area (Å²) < 4.78 is 35.1. The molecule has 0 radical (unpaired) electrons. The Kier molecular flexibility index (Phi) is 8.63. The van der Waals surface area contributed by atoms with E-state index in [1.807, 2.05) is 30.0 Å². The molecule has 0 atom stereocenters. The molecular formula is C38H36N2O3S3. The minimum Gasteiger partial charge on any atom is -0.744 e. The number of rotatable bonds is 4. The Morgan fingerprint density at radius 2 is 1.70 bits per heavy atom. The van der Waals surface area contributed by atoms with Crippen LogP contribution >= 0.6 is 23.1 Å². The van der Waals surface area contributed by atoms with Gasteiger partial charge >= 0.3 is 0 Å². The molecule has 0 fully saturated rings. The van der Waals surface area contributed by atoms with Crippen LogP contribution in [0.15, 0.2) is 123 Å². The fraction of sp³-hybridized carbons (Fsp3) is 0.237. The lowest BCUT2D eigenvalue weighted by Crippen LogP contribution is -2.33. The van der Waals surface area contributed by atoms with E-state index in [9.17, 15) is 13.0 Å². The van der Waals surface area contributed by atoms with Gasteiger partial charge in [0.2, 0.25) is 5.52 Å². The van der Waals surface area contributed by atoms with Crippen molar-refractivity contribution in [1.29, 1.82) is 0 Å². The zero-order valence-corrected chi connectivity index (χ0v) is 28.5. The monoisotopic (exact) mass is 664 g/mol. The SMILES string of the molecule is CC[n+]1c(/C=C2/C=C(C3=C4Sc5ccccc5N4CCC3)CCC2)sc2ccc3ccccc3c21.Cc1ccc(S(=O)(=O)[O-])cc1. The molecule has 0 saturated heterocycles. The first-order valence-corrected chi connectivity index (χ1v) is 18.9. The van der Waals surface area contributed by atoms with E-state index in [1.165, 1.54) is 91.4 Å². The van der Waals surface area contributed by atoms with Gasteiger partial charge in [-0.3, -0.25) is 0 Å². The summed E-state index contributed by atoms with van der Waals surface area (Å²) >= 11 is 3.91. The molecule has 1 aliphatic carbocycles. The number of thiazole rings is 1. The maximum Gasteiger partial charge on any atom is 0.263 e. The van der Waals surface area contributed by atoms with Crippen LogP contribution in [0.3, 0.4) is 0 Å². The summed E-state index contributed by atoms with van der Waals surface area (Å²) in [5.41, 5.74) is 8.35. The Morgan fingerprint density at radius 1 is 0.913 bits per heavy atom. The number of benzene rings is 4. The number of anilines is 1. The number of thioether (sulfide) groups is 1. The van der Waals surface area contributed by atoms with Gasteiger partial charge in [0.1, 0.15) is 21.4 Å². The second-order valence-electron chi connectivity index (χ2n) is 11.9. The van der Waals surface area contributed by atoms with Gasteiger partial charge in [0, 0.05) is 17.5 Å². The molecule has 0 amide bonds. The average molecular weight is 665 g/mol. The summed E-state index contributed by atoms with van der Waals surface area (Å²) in [6.45, 7) is 6.23. The van der Waals surface area contributed by atoms with Gasteiger partial charge in [-0.2, -0.15) is 4.57 Å². The van der Waals surface area contributed by atoms with Crippen LogP contribution in [0.5, 0.6) is 0 Å². The quantitative estimate of drug-likeness (QED) is 0.142. The van der Waals surface area contributed by atoms with Gasteiger partial charge in [0.05, 0.1) is 21.0 Å². The van der Waals surface area contributed by atoms with Gasteiger partial charge in [-0.15, -0.1) is 0 Å². The number of para-hydroxylation sites is 1. The normalized spacial score (nSPS) is 17.2. The molecule has 2 aliphatic heterocycles. The Bertz CT molecular complexity index is 2160. The van der Waals surface area contributed by atoms with Gasteiger partial charge in [-0.1, -0.05) is 83.3 Å². The minimum atomic E-state index is -4.27. The maximum absolute atomic E-state index is 10.4. The second-order valence-corrected chi connectivity index (χ2v) is 15.4. The van der Waals surface area contributed by atoms with Crippen LogP contribution in [-0.4, -0.2) is 19.5 Å². The van der Waals surface area contributed by atoms with Crippen molar-refractivity contribution < 1.29 is 17.5 Å². The lowest BCUT2D eigenvalue weighted by molar-refractivity contribution is -0.664. The number of allylic oxidation sites excluding steroid dienone is 4. The summed E-state index contributed by atoms with van der Waals surface area (Å²) in [6.07, 6.45) is 11.1. The van der Waals surface area contributed by atoms with E-state index in [0.717, 1.165) is 18.7 Å². The number of hydrogen-bond acceptors (Lipinski definition) is 6. The molecule has 4 aromatic carbocycles. The van der Waals surface area contributed by atoms with Gasteiger partial charge in [0.15, 0.2) is 0 Å². The highest BCUT2D eigenvalue weighted by Crippen LogP contribution is 2.51. The summed E-state index contributed by atoms with van der Waals surface area (Å²) in [4.78, 5) is 3.80. The highest BCUT2D eigenvalue weighted by molar-refractivity contribution is 8.03. The van der Waals surface area contributed by atoms with E-state index >= 15 is 0 Å². The molecule has 5 aromatic rings. The first kappa shape index (κ1) is 30.9. The number of aromatic nitrogens is 1. The number of nitrogens with zero attached hydrogens (tertiary/aromatic N) is 2. The highest BCUT2D eigenvalue weighted by Gasteiger charge is 2.31. The molecule has 8 heteroatoms. The van der Waals surface area contributed by atoms with E-state index in [4.69, 9.17) is 0 Å². The largest absolute Gasteiger partial charge is 0.744 e. The first-order chi connectivity index (χ1) is 22.3. The van der Waals surface area contributed by atoms with Crippen molar-refractivity contribution in [2.45, 2.75) is 62.3 Å². The fourth-order valence-corrected chi connectivity index (χ4v) is 9.64. The van der Waals surface area contributed by atoms with E-state index in [2.05, 4.69) is 89.2 Å². The van der Waals surface area contributed by atoms with Crippen LogP contribution in [0.2, 0.25) is 0 Å². The summed E-state index contributed by atoms with van der Waals surface area (Å²) in [5.74, 6) is 0. The third-order valence-corrected chi connectivity index (χ3v) is 12.1. The molecule has 0 saturated carbocycles. The lowest BCUT2D eigenvalue weighted by atomic mass is 9.87. The Labute approximate surface area is 279 Å². The average Bonchev–Trinajstić information content (AvgIpc) is 3.63. The van der Waals surface area contributed by atoms with Crippen LogP contribution in [-0.2, 0) is 16.7 Å². The second kappa shape index (κ2) is 12.8. The molecule has 0 unspecified atom stereocenters. The predicted octanol–water partition coefficient (Wildman–Crippen LogP) is 9.37. The summed E-state index contributed by atoms with van der Waals surface area (Å²) in [7, 11) is -4.27. The molecule has 234 valence electrons. The standard InChI is InChI=1S/C31H29N2S2.C7H8O3S/c1-2-32-29(34-28-17-16-22-10-3-4-12-24(22)30(28)32)20-21-9-7-11-23(19-21)25-13-8-18-33-26-14-5-6-15-27(26)35-31(25)33;1-6-2-4-7(5-3-6)11(8,9)10/h3-6,10,12,14-17,19-20H,2,7-9,11,13,18H2,1H3;2-5H,1H3,(H,8,9,10)/q+1;/p-1. The predicted molar refractivity (Wildman–Crippen MR) is 190 cm³/mol. The van der Waals surface area contributed by atoms with Crippen molar-refractivity contribution in [2.24, 2.45) is 0 Å². The Balaban J connectivity index is 0.000000263. The van der Waals surface area contributed by atoms with Crippen LogP contribution in [0, 0.1) is 6.92 Å². The Hall–Kier alpha value is -3.69. The maximum atomic E-state index is 10.4. The topological polar surface area (TPSA) is 64.3 Å². The zero-order chi connectivity index (χ0) is 31.8. The summed E-state index contributed by atoms with van der Waals surface area (Å²) in [6, 6.07) is 28.1.